The van der Waals surface area contributed by atoms with Gasteiger partial charge in [0.25, 0.3) is 17.5 Å². The van der Waals surface area contributed by atoms with Crippen molar-refractivity contribution >= 4 is 52.6 Å². The molecule has 0 aromatic heterocycles. The maximum atomic E-state index is 14.3. The van der Waals surface area contributed by atoms with Crippen molar-refractivity contribution in [2.24, 2.45) is 0 Å². The number of thioether (sulfide) groups is 1. The fraction of sp³-hybridized carbons (Fsp3) is 0.0278. The number of nitrogens with one attached hydrogen (secondary N) is 3. The molecule has 5 aromatic carbocycles. The van der Waals surface area contributed by atoms with Crippen LogP contribution in [0.4, 0.5) is 21.5 Å². The number of para-hydroxylation sites is 1. The number of non-ortho nitro benzene ring substituents is 1. The molecule has 9 nitrogen and oxygen atoms in total. The topological polar surface area (TPSA) is 130 Å². The maximum absolute atomic E-state index is 14.3. The van der Waals surface area contributed by atoms with E-state index in [0.717, 1.165) is 0 Å². The average Bonchev–Trinajstić information content (AvgIpc) is 3.09. The number of hydrogen-bond acceptors (Lipinski definition) is 6. The standard InChI is InChI=1S/C36H27FN4O5S/c37-30-16-7-8-17-31(30)39-36(44)33(25-10-3-1-4-11-25)47-29-15-9-14-27(23-29)38-35(43)32(40-34(42)26-12-5-2-6-13-26)22-24-18-20-28(21-19-24)41(45)46/h1-23,33H,(H,38,43)(H,39,44)(H,40,42)/b32-22+. The lowest BCUT2D eigenvalue weighted by Gasteiger charge is -2.18. The molecule has 0 heterocycles. The summed E-state index contributed by atoms with van der Waals surface area (Å²) in [6.45, 7) is 0. The lowest BCUT2D eigenvalue weighted by Crippen LogP contribution is -2.30. The van der Waals surface area contributed by atoms with Crippen molar-refractivity contribution < 1.29 is 23.7 Å². The molecule has 3 amide bonds. The summed E-state index contributed by atoms with van der Waals surface area (Å²) in [4.78, 5) is 51.1. The molecule has 0 fully saturated rings. The van der Waals surface area contributed by atoms with Gasteiger partial charge in [-0.1, -0.05) is 66.7 Å². The van der Waals surface area contributed by atoms with Gasteiger partial charge in [0.2, 0.25) is 5.91 Å². The third-order valence-electron chi connectivity index (χ3n) is 6.76. The Balaban J connectivity index is 1.38. The van der Waals surface area contributed by atoms with Crippen LogP contribution in [-0.4, -0.2) is 22.6 Å². The molecule has 47 heavy (non-hydrogen) atoms. The van der Waals surface area contributed by atoms with Crippen LogP contribution in [0, 0.1) is 15.9 Å². The fourth-order valence-electron chi connectivity index (χ4n) is 4.44. The van der Waals surface area contributed by atoms with E-state index in [1.807, 2.05) is 6.07 Å². The second-order valence-electron chi connectivity index (χ2n) is 10.1. The van der Waals surface area contributed by atoms with Gasteiger partial charge in [-0.3, -0.25) is 24.5 Å². The van der Waals surface area contributed by atoms with Gasteiger partial charge in [-0.25, -0.2) is 4.39 Å². The van der Waals surface area contributed by atoms with Crippen LogP contribution in [0.5, 0.6) is 0 Å². The molecule has 0 aliphatic rings. The Morgan fingerprint density at radius 2 is 1.43 bits per heavy atom. The van der Waals surface area contributed by atoms with Gasteiger partial charge in [-0.05, 0) is 71.8 Å². The molecule has 1 atom stereocenters. The van der Waals surface area contributed by atoms with E-state index in [1.165, 1.54) is 60.3 Å². The van der Waals surface area contributed by atoms with Crippen molar-refractivity contribution in [1.29, 1.82) is 0 Å². The summed E-state index contributed by atoms with van der Waals surface area (Å²) in [5, 5.41) is 18.4. The number of nitro benzene ring substituents is 1. The first-order chi connectivity index (χ1) is 22.8. The molecule has 0 aliphatic carbocycles. The summed E-state index contributed by atoms with van der Waals surface area (Å²) in [7, 11) is 0. The molecule has 3 N–H and O–H groups in total. The summed E-state index contributed by atoms with van der Waals surface area (Å²) in [6.07, 6.45) is 1.41. The predicted molar refractivity (Wildman–Crippen MR) is 180 cm³/mol. The summed E-state index contributed by atoms with van der Waals surface area (Å²) >= 11 is 1.21. The molecule has 0 spiro atoms. The Bertz CT molecular complexity index is 1940. The third kappa shape index (κ3) is 8.77. The monoisotopic (exact) mass is 646 g/mol. The van der Waals surface area contributed by atoms with Crippen LogP contribution in [-0.2, 0) is 9.59 Å². The number of amides is 3. The van der Waals surface area contributed by atoms with Gasteiger partial charge in [-0.2, -0.15) is 0 Å². The predicted octanol–water partition coefficient (Wildman–Crippen LogP) is 7.62. The zero-order chi connectivity index (χ0) is 33.2. The number of halogens is 1. The van der Waals surface area contributed by atoms with Crippen molar-refractivity contribution in [2.45, 2.75) is 10.1 Å². The minimum absolute atomic E-state index is 0.0601. The van der Waals surface area contributed by atoms with Crippen LogP contribution in [0.2, 0.25) is 0 Å². The van der Waals surface area contributed by atoms with E-state index in [0.29, 0.717) is 27.3 Å². The van der Waals surface area contributed by atoms with Crippen LogP contribution in [0.25, 0.3) is 6.08 Å². The summed E-state index contributed by atoms with van der Waals surface area (Å²) in [5.41, 5.74) is 1.69. The Morgan fingerprint density at radius 3 is 2.11 bits per heavy atom. The minimum Gasteiger partial charge on any atom is -0.322 e. The lowest BCUT2D eigenvalue weighted by molar-refractivity contribution is -0.384. The molecular formula is C36H27FN4O5S. The molecule has 11 heteroatoms. The van der Waals surface area contributed by atoms with Gasteiger partial charge < -0.3 is 16.0 Å². The Morgan fingerprint density at radius 1 is 0.766 bits per heavy atom. The SMILES string of the molecule is O=C(Nc1cccc(SC(C(=O)Nc2ccccc2F)c2ccccc2)c1)/C(=C\c1ccc([N+](=O)[O-])cc1)NC(=O)c1ccccc1. The molecular weight excluding hydrogens is 619 g/mol. The van der Waals surface area contributed by atoms with Crippen LogP contribution >= 0.6 is 11.8 Å². The van der Waals surface area contributed by atoms with Gasteiger partial charge in [0, 0.05) is 28.3 Å². The van der Waals surface area contributed by atoms with Crippen molar-refractivity contribution in [2.75, 3.05) is 10.6 Å². The number of rotatable bonds is 11. The third-order valence-corrected chi connectivity index (χ3v) is 8.01. The number of nitrogens with zero attached hydrogens (tertiary/aromatic N) is 1. The summed E-state index contributed by atoms with van der Waals surface area (Å²) < 4.78 is 14.3. The lowest BCUT2D eigenvalue weighted by atomic mass is 10.1. The fourth-order valence-corrected chi connectivity index (χ4v) is 5.53. The normalized spacial score (nSPS) is 11.6. The quantitative estimate of drug-likeness (QED) is 0.0586. The Kier molecular flexibility index (Phi) is 10.5. The van der Waals surface area contributed by atoms with Crippen molar-refractivity contribution in [3.05, 3.63) is 172 Å². The van der Waals surface area contributed by atoms with Crippen molar-refractivity contribution in [1.82, 2.24) is 5.32 Å². The van der Waals surface area contributed by atoms with Gasteiger partial charge >= 0.3 is 0 Å². The highest BCUT2D eigenvalue weighted by Gasteiger charge is 2.23. The van der Waals surface area contributed by atoms with E-state index < -0.39 is 33.7 Å². The van der Waals surface area contributed by atoms with Crippen LogP contribution in [0.3, 0.4) is 0 Å². The molecule has 0 aliphatic heterocycles. The highest BCUT2D eigenvalue weighted by molar-refractivity contribution is 8.00. The van der Waals surface area contributed by atoms with E-state index in [1.54, 1.807) is 84.9 Å². The minimum atomic E-state index is -0.760. The van der Waals surface area contributed by atoms with Gasteiger partial charge in [-0.15, -0.1) is 11.8 Å². The van der Waals surface area contributed by atoms with Crippen LogP contribution in [0.15, 0.2) is 144 Å². The Labute approximate surface area is 273 Å². The molecule has 5 rings (SSSR count). The number of benzene rings is 5. The number of hydrogen-bond donors (Lipinski definition) is 3. The first-order valence-corrected chi connectivity index (χ1v) is 15.2. The summed E-state index contributed by atoms with van der Waals surface area (Å²) in [6, 6.07) is 35.6. The largest absolute Gasteiger partial charge is 0.322 e. The first-order valence-electron chi connectivity index (χ1n) is 14.3. The zero-order valence-corrected chi connectivity index (χ0v) is 25.4. The van der Waals surface area contributed by atoms with Gasteiger partial charge in [0.1, 0.15) is 16.8 Å². The molecule has 234 valence electrons. The molecule has 5 aromatic rings. The van der Waals surface area contributed by atoms with E-state index in [4.69, 9.17) is 0 Å². The number of nitro groups is 1. The van der Waals surface area contributed by atoms with Crippen LogP contribution in [0.1, 0.15) is 26.7 Å². The van der Waals surface area contributed by atoms with E-state index >= 15 is 0 Å². The van der Waals surface area contributed by atoms with Gasteiger partial charge in [0.15, 0.2) is 0 Å². The summed E-state index contributed by atoms with van der Waals surface area (Å²) in [5.74, 6) is -2.16. The van der Waals surface area contributed by atoms with E-state index in [-0.39, 0.29) is 17.1 Å². The first kappa shape index (κ1) is 32.3. The van der Waals surface area contributed by atoms with E-state index in [9.17, 15) is 28.9 Å². The van der Waals surface area contributed by atoms with Gasteiger partial charge in [0.05, 0.1) is 10.6 Å². The smallest absolute Gasteiger partial charge is 0.272 e. The molecule has 0 bridgehead atoms. The highest BCUT2D eigenvalue weighted by atomic mass is 32.2. The molecule has 0 radical (unpaired) electrons. The van der Waals surface area contributed by atoms with Crippen molar-refractivity contribution in [3.63, 3.8) is 0 Å². The maximum Gasteiger partial charge on any atom is 0.272 e. The number of carbonyl (C=O) groups excluding carboxylic acids is 3. The molecule has 0 saturated carbocycles. The number of anilines is 2. The highest BCUT2D eigenvalue weighted by Crippen LogP contribution is 2.37. The molecule has 1 unspecified atom stereocenters. The van der Waals surface area contributed by atoms with E-state index in [2.05, 4.69) is 16.0 Å². The van der Waals surface area contributed by atoms with Crippen molar-refractivity contribution in [3.8, 4) is 0 Å². The van der Waals surface area contributed by atoms with Crippen LogP contribution < -0.4 is 16.0 Å². The Hall–Kier alpha value is -6.07. The second-order valence-corrected chi connectivity index (χ2v) is 11.3. The second kappa shape index (κ2) is 15.3. The molecule has 0 saturated heterocycles. The average molecular weight is 647 g/mol. The number of carbonyl (C=O) groups is 3. The zero-order valence-electron chi connectivity index (χ0n) is 24.6.